The van der Waals surface area contributed by atoms with Gasteiger partial charge in [0.1, 0.15) is 11.5 Å². The first-order valence-corrected chi connectivity index (χ1v) is 9.90. The second-order valence-electron chi connectivity index (χ2n) is 6.34. The van der Waals surface area contributed by atoms with E-state index in [4.69, 9.17) is 9.26 Å². The first kappa shape index (κ1) is 18.8. The molecular weight excluding hydrogens is 350 g/mol. The van der Waals surface area contributed by atoms with E-state index in [9.17, 15) is 4.79 Å². The van der Waals surface area contributed by atoms with Gasteiger partial charge < -0.3 is 19.5 Å². The van der Waals surface area contributed by atoms with E-state index in [0.717, 1.165) is 47.2 Å². The third-order valence-corrected chi connectivity index (χ3v) is 5.66. The third-order valence-electron chi connectivity index (χ3n) is 4.71. The highest BCUT2D eigenvalue weighted by atomic mass is 32.2. The molecule has 0 saturated carbocycles. The van der Waals surface area contributed by atoms with Crippen LogP contribution in [0.2, 0.25) is 0 Å². The molecule has 26 heavy (non-hydrogen) atoms. The number of rotatable bonds is 6. The predicted molar refractivity (Wildman–Crippen MR) is 102 cm³/mol. The topological polar surface area (TPSA) is 67.6 Å². The van der Waals surface area contributed by atoms with Gasteiger partial charge in [-0.15, -0.1) is 11.8 Å². The van der Waals surface area contributed by atoms with Crippen molar-refractivity contribution in [2.75, 3.05) is 32.5 Å². The number of carbonyl (C=O) groups is 1. The molecule has 3 rings (SSSR count). The van der Waals surface area contributed by atoms with Crippen LogP contribution in [0, 0.1) is 13.8 Å². The van der Waals surface area contributed by atoms with Crippen molar-refractivity contribution < 1.29 is 14.1 Å². The Bertz CT molecular complexity index is 743. The van der Waals surface area contributed by atoms with Gasteiger partial charge in [-0.25, -0.2) is 0 Å². The Kier molecular flexibility index (Phi) is 6.21. The fourth-order valence-electron chi connectivity index (χ4n) is 3.25. The van der Waals surface area contributed by atoms with Crippen LogP contribution in [-0.2, 0) is 10.5 Å². The molecule has 6 nitrogen and oxygen atoms in total. The molecule has 0 radical (unpaired) electrons. The summed E-state index contributed by atoms with van der Waals surface area (Å²) >= 11 is 1.61. The van der Waals surface area contributed by atoms with Gasteiger partial charge in [0.15, 0.2) is 0 Å². The maximum atomic E-state index is 12.9. The zero-order valence-electron chi connectivity index (χ0n) is 15.4. The summed E-state index contributed by atoms with van der Waals surface area (Å²) in [6.07, 6.45) is 0. The fourth-order valence-corrected chi connectivity index (χ4v) is 4.31. The van der Waals surface area contributed by atoms with Gasteiger partial charge in [-0.1, -0.05) is 23.4 Å². The first-order chi connectivity index (χ1) is 12.6. The average Bonchev–Trinajstić information content (AvgIpc) is 3.00. The number of benzene rings is 1. The van der Waals surface area contributed by atoms with E-state index in [1.807, 2.05) is 43.0 Å². The number of aryl methyl sites for hydroxylation is 2. The summed E-state index contributed by atoms with van der Waals surface area (Å²) in [5.41, 5.74) is 3.03. The van der Waals surface area contributed by atoms with Crippen LogP contribution >= 0.6 is 11.8 Å². The molecule has 1 saturated heterocycles. The highest BCUT2D eigenvalue weighted by molar-refractivity contribution is 7.99. The molecule has 0 aliphatic carbocycles. The zero-order chi connectivity index (χ0) is 18.5. The van der Waals surface area contributed by atoms with Crippen molar-refractivity contribution in [2.45, 2.75) is 25.6 Å². The Balaban J connectivity index is 1.66. The molecule has 0 bridgehead atoms. The van der Waals surface area contributed by atoms with Crippen LogP contribution < -0.4 is 10.1 Å². The number of nitrogens with one attached hydrogen (secondary N) is 1. The van der Waals surface area contributed by atoms with Crippen LogP contribution in [0.1, 0.15) is 28.6 Å². The van der Waals surface area contributed by atoms with Crippen LogP contribution in [0.25, 0.3) is 0 Å². The van der Waals surface area contributed by atoms with E-state index in [1.54, 1.807) is 18.9 Å². The van der Waals surface area contributed by atoms with E-state index in [0.29, 0.717) is 12.3 Å². The van der Waals surface area contributed by atoms with Crippen molar-refractivity contribution in [3.8, 4) is 5.75 Å². The third kappa shape index (κ3) is 4.04. The molecule has 2 aromatic rings. The molecule has 1 fully saturated rings. The Labute approximate surface area is 158 Å². The largest absolute Gasteiger partial charge is 0.496 e. The Hall–Kier alpha value is -1.99. The predicted octanol–water partition coefficient (Wildman–Crippen LogP) is 2.71. The van der Waals surface area contributed by atoms with Gasteiger partial charge >= 0.3 is 0 Å². The molecule has 0 spiro atoms. The number of amides is 1. The molecule has 1 amide bonds. The van der Waals surface area contributed by atoms with Gasteiger partial charge in [-0.3, -0.25) is 4.79 Å². The number of ether oxygens (including phenoxy) is 1. The Morgan fingerprint density at radius 2 is 2.23 bits per heavy atom. The normalized spacial score (nSPS) is 17.3. The van der Waals surface area contributed by atoms with Crippen LogP contribution in [0.5, 0.6) is 5.75 Å². The van der Waals surface area contributed by atoms with Crippen molar-refractivity contribution in [1.82, 2.24) is 15.4 Å². The highest BCUT2D eigenvalue weighted by Crippen LogP contribution is 2.31. The summed E-state index contributed by atoms with van der Waals surface area (Å²) in [6.45, 7) is 6.09. The monoisotopic (exact) mass is 375 g/mol. The number of nitrogens with zero attached hydrogens (tertiary/aromatic N) is 2. The first-order valence-electron chi connectivity index (χ1n) is 8.74. The van der Waals surface area contributed by atoms with Crippen molar-refractivity contribution in [3.05, 3.63) is 46.8 Å². The smallest absolute Gasteiger partial charge is 0.233 e. The molecule has 1 aliphatic rings. The van der Waals surface area contributed by atoms with Gasteiger partial charge in [-0.2, -0.15) is 0 Å². The van der Waals surface area contributed by atoms with Crippen molar-refractivity contribution >= 4 is 17.7 Å². The van der Waals surface area contributed by atoms with Gasteiger partial charge in [-0.05, 0) is 19.9 Å². The lowest BCUT2D eigenvalue weighted by molar-refractivity contribution is -0.131. The van der Waals surface area contributed by atoms with Crippen LogP contribution in [0.4, 0.5) is 0 Å². The second-order valence-corrected chi connectivity index (χ2v) is 7.33. The van der Waals surface area contributed by atoms with Crippen molar-refractivity contribution in [1.29, 1.82) is 0 Å². The molecule has 1 aliphatic heterocycles. The fraction of sp³-hybridized carbons (Fsp3) is 0.474. The minimum atomic E-state index is -0.00735. The number of piperazine rings is 1. The summed E-state index contributed by atoms with van der Waals surface area (Å²) in [4.78, 5) is 14.8. The zero-order valence-corrected chi connectivity index (χ0v) is 16.3. The lowest BCUT2D eigenvalue weighted by Gasteiger charge is -2.37. The quantitative estimate of drug-likeness (QED) is 0.837. The van der Waals surface area contributed by atoms with E-state index in [1.165, 1.54) is 0 Å². The standard InChI is InChI=1S/C19H25N3O3S/c1-13-16(14(2)25-21-13)11-26-12-19(23)22-9-8-20-10-17(22)15-6-4-5-7-18(15)24-3/h4-7,17,20H,8-12H2,1-3H3. The molecular formula is C19H25N3O3S. The lowest BCUT2D eigenvalue weighted by Crippen LogP contribution is -2.49. The van der Waals surface area contributed by atoms with E-state index in [-0.39, 0.29) is 11.9 Å². The number of methoxy groups -OCH3 is 1. The average molecular weight is 375 g/mol. The van der Waals surface area contributed by atoms with Gasteiger partial charge in [0.05, 0.1) is 24.6 Å². The molecule has 140 valence electrons. The summed E-state index contributed by atoms with van der Waals surface area (Å²) in [5.74, 6) is 2.98. The summed E-state index contributed by atoms with van der Waals surface area (Å²) in [6, 6.07) is 7.91. The Morgan fingerprint density at radius 3 is 2.96 bits per heavy atom. The number of para-hydroxylation sites is 1. The minimum absolute atomic E-state index is 0.00735. The van der Waals surface area contributed by atoms with Gasteiger partial charge in [0.25, 0.3) is 0 Å². The maximum Gasteiger partial charge on any atom is 0.233 e. The van der Waals surface area contributed by atoms with E-state index in [2.05, 4.69) is 10.5 Å². The minimum Gasteiger partial charge on any atom is -0.496 e. The van der Waals surface area contributed by atoms with Crippen molar-refractivity contribution in [2.24, 2.45) is 0 Å². The number of hydrogen-bond acceptors (Lipinski definition) is 6. The summed E-state index contributed by atoms with van der Waals surface area (Å²) in [5, 5.41) is 7.35. The number of thioether (sulfide) groups is 1. The SMILES string of the molecule is COc1ccccc1C1CNCCN1C(=O)CSCc1c(C)noc1C. The van der Waals surface area contributed by atoms with Crippen LogP contribution in [0.15, 0.2) is 28.8 Å². The van der Waals surface area contributed by atoms with Gasteiger partial charge in [0.2, 0.25) is 5.91 Å². The molecule has 1 atom stereocenters. The lowest BCUT2D eigenvalue weighted by atomic mass is 10.0. The van der Waals surface area contributed by atoms with Crippen LogP contribution in [-0.4, -0.2) is 48.5 Å². The molecule has 1 aromatic heterocycles. The van der Waals surface area contributed by atoms with Gasteiger partial charge in [0, 0.05) is 36.5 Å². The number of hydrogen-bond donors (Lipinski definition) is 1. The Morgan fingerprint density at radius 1 is 1.42 bits per heavy atom. The molecule has 7 heteroatoms. The second kappa shape index (κ2) is 8.60. The molecule has 2 heterocycles. The number of aromatic nitrogens is 1. The molecule has 1 aromatic carbocycles. The van der Waals surface area contributed by atoms with Crippen LogP contribution in [0.3, 0.4) is 0 Å². The van der Waals surface area contributed by atoms with Crippen molar-refractivity contribution in [3.63, 3.8) is 0 Å². The molecule has 1 unspecified atom stereocenters. The maximum absolute atomic E-state index is 12.9. The van der Waals surface area contributed by atoms with E-state index < -0.39 is 0 Å². The summed E-state index contributed by atoms with van der Waals surface area (Å²) in [7, 11) is 1.67. The van der Waals surface area contributed by atoms with E-state index >= 15 is 0 Å². The molecule has 1 N–H and O–H groups in total. The highest BCUT2D eigenvalue weighted by Gasteiger charge is 2.29. The summed E-state index contributed by atoms with van der Waals surface area (Å²) < 4.78 is 10.7. The number of carbonyl (C=O) groups excluding carboxylic acids is 1.